The van der Waals surface area contributed by atoms with Crippen molar-refractivity contribution in [3.63, 3.8) is 0 Å². The van der Waals surface area contributed by atoms with E-state index in [9.17, 15) is 10.2 Å². The summed E-state index contributed by atoms with van der Waals surface area (Å²) in [6.07, 6.45) is 14.4. The average Bonchev–Trinajstić information content (AvgIpc) is 3.03. The van der Waals surface area contributed by atoms with E-state index in [0.717, 1.165) is 48.9 Å². The molecule has 5 unspecified atom stereocenters. The van der Waals surface area contributed by atoms with Crippen LogP contribution < -0.4 is 0 Å². The maximum atomic E-state index is 10.3. The first kappa shape index (κ1) is 21.9. The van der Waals surface area contributed by atoms with Gasteiger partial charge in [-0.3, -0.25) is 0 Å². The maximum Gasteiger partial charge on any atom is 0.0577 e. The predicted molar refractivity (Wildman–Crippen MR) is 120 cm³/mol. The van der Waals surface area contributed by atoms with E-state index >= 15 is 0 Å². The average molecular weight is 403 g/mol. The highest BCUT2D eigenvalue weighted by atomic mass is 16.3. The van der Waals surface area contributed by atoms with Gasteiger partial charge in [0.25, 0.3) is 0 Å². The fraction of sp³-hybridized carbons (Fsp3) is 0.926. The van der Waals surface area contributed by atoms with E-state index in [1.54, 1.807) is 5.57 Å². The largest absolute Gasteiger partial charge is 0.393 e. The fourth-order valence-corrected chi connectivity index (χ4v) is 8.59. The van der Waals surface area contributed by atoms with Gasteiger partial charge in [0.05, 0.1) is 12.2 Å². The first-order valence-corrected chi connectivity index (χ1v) is 12.7. The van der Waals surface area contributed by atoms with E-state index < -0.39 is 0 Å². The monoisotopic (exact) mass is 402 g/mol. The maximum absolute atomic E-state index is 10.3. The first-order valence-electron chi connectivity index (χ1n) is 12.7. The van der Waals surface area contributed by atoms with Gasteiger partial charge in [0.15, 0.2) is 0 Å². The van der Waals surface area contributed by atoms with Crippen LogP contribution in [-0.2, 0) is 0 Å². The van der Waals surface area contributed by atoms with Gasteiger partial charge in [-0.25, -0.2) is 0 Å². The van der Waals surface area contributed by atoms with Crippen LogP contribution in [-0.4, -0.2) is 22.4 Å². The molecule has 4 rings (SSSR count). The lowest BCUT2D eigenvalue weighted by Gasteiger charge is -2.58. The Hall–Kier alpha value is -0.340. The van der Waals surface area contributed by atoms with Gasteiger partial charge >= 0.3 is 0 Å². The number of allylic oxidation sites excluding steroid dienone is 1. The minimum atomic E-state index is -0.137. The van der Waals surface area contributed by atoms with Crippen molar-refractivity contribution < 1.29 is 10.2 Å². The summed E-state index contributed by atoms with van der Waals surface area (Å²) in [4.78, 5) is 0. The summed E-state index contributed by atoms with van der Waals surface area (Å²) >= 11 is 0. The highest BCUT2D eigenvalue weighted by Gasteiger charge is 2.59. The zero-order valence-corrected chi connectivity index (χ0v) is 19.7. The van der Waals surface area contributed by atoms with Crippen LogP contribution in [0.3, 0.4) is 0 Å². The smallest absolute Gasteiger partial charge is 0.0577 e. The van der Waals surface area contributed by atoms with Gasteiger partial charge in [-0.2, -0.15) is 0 Å². The normalized spacial score (nSPS) is 46.5. The molecule has 9 atom stereocenters. The van der Waals surface area contributed by atoms with Gasteiger partial charge < -0.3 is 10.2 Å². The van der Waals surface area contributed by atoms with Crippen molar-refractivity contribution in [2.45, 2.75) is 111 Å². The Bertz CT molecular complexity index is 624. The Labute approximate surface area is 179 Å². The third kappa shape index (κ3) is 3.65. The van der Waals surface area contributed by atoms with Gasteiger partial charge in [-0.1, -0.05) is 46.3 Å². The van der Waals surface area contributed by atoms with Crippen LogP contribution in [0.4, 0.5) is 0 Å². The molecule has 2 heteroatoms. The molecule has 0 saturated heterocycles. The molecule has 0 amide bonds. The van der Waals surface area contributed by atoms with E-state index in [-0.39, 0.29) is 12.2 Å². The lowest BCUT2D eigenvalue weighted by atomic mass is 9.47. The molecule has 2 nitrogen and oxygen atoms in total. The molecule has 0 aromatic rings. The van der Waals surface area contributed by atoms with Crippen molar-refractivity contribution >= 4 is 0 Å². The lowest BCUT2D eigenvalue weighted by Crippen LogP contribution is -2.50. The highest BCUT2D eigenvalue weighted by molar-refractivity contribution is 5.25. The molecule has 0 aromatic carbocycles. The molecule has 4 aliphatic carbocycles. The second-order valence-corrected chi connectivity index (χ2v) is 12.3. The molecule has 29 heavy (non-hydrogen) atoms. The summed E-state index contributed by atoms with van der Waals surface area (Å²) in [6.45, 7) is 11.9. The Morgan fingerprint density at radius 2 is 1.76 bits per heavy atom. The lowest BCUT2D eigenvalue weighted by molar-refractivity contribution is -0.0579. The Balaban J connectivity index is 1.49. The summed E-state index contributed by atoms with van der Waals surface area (Å²) in [5.74, 6) is 4.51. The van der Waals surface area contributed by atoms with Crippen LogP contribution in [0.5, 0.6) is 0 Å². The van der Waals surface area contributed by atoms with Crippen LogP contribution in [0.1, 0.15) is 98.8 Å². The minimum absolute atomic E-state index is 0.0994. The van der Waals surface area contributed by atoms with Crippen molar-refractivity contribution in [2.24, 2.45) is 46.3 Å². The summed E-state index contributed by atoms with van der Waals surface area (Å²) in [5.41, 5.74) is 2.44. The minimum Gasteiger partial charge on any atom is -0.393 e. The number of aliphatic hydroxyl groups excluding tert-OH is 2. The zero-order chi connectivity index (χ0) is 21.0. The van der Waals surface area contributed by atoms with Gasteiger partial charge in [0.2, 0.25) is 0 Å². The van der Waals surface area contributed by atoms with Crippen molar-refractivity contribution in [1.82, 2.24) is 0 Å². The Morgan fingerprint density at radius 3 is 2.48 bits per heavy atom. The molecule has 3 saturated carbocycles. The summed E-state index contributed by atoms with van der Waals surface area (Å²) in [6, 6.07) is 0. The predicted octanol–water partition coefficient (Wildman–Crippen LogP) is 6.36. The molecule has 0 bridgehead atoms. The van der Waals surface area contributed by atoms with E-state index in [1.807, 2.05) is 0 Å². The number of fused-ring (bicyclic) bond motifs is 5. The number of hydrogen-bond acceptors (Lipinski definition) is 2. The van der Waals surface area contributed by atoms with Gasteiger partial charge in [-0.15, -0.1) is 0 Å². The summed E-state index contributed by atoms with van der Waals surface area (Å²) < 4.78 is 0. The Kier molecular flexibility index (Phi) is 6.01. The van der Waals surface area contributed by atoms with Crippen LogP contribution in [0.2, 0.25) is 0 Å². The molecule has 4 aliphatic rings. The second kappa shape index (κ2) is 7.97. The van der Waals surface area contributed by atoms with Crippen LogP contribution in [0.15, 0.2) is 11.6 Å². The molecular formula is C27H46O2. The molecule has 3 fully saturated rings. The van der Waals surface area contributed by atoms with Crippen molar-refractivity contribution in [3.05, 3.63) is 11.6 Å². The Morgan fingerprint density at radius 1 is 1.00 bits per heavy atom. The van der Waals surface area contributed by atoms with Crippen LogP contribution >= 0.6 is 0 Å². The van der Waals surface area contributed by atoms with E-state index in [4.69, 9.17) is 0 Å². The van der Waals surface area contributed by atoms with Gasteiger partial charge in [-0.05, 0) is 111 Å². The second-order valence-electron chi connectivity index (χ2n) is 12.3. The summed E-state index contributed by atoms with van der Waals surface area (Å²) in [7, 11) is 0. The molecule has 0 spiro atoms. The van der Waals surface area contributed by atoms with Crippen molar-refractivity contribution in [1.29, 1.82) is 0 Å². The molecule has 0 aromatic heterocycles. The van der Waals surface area contributed by atoms with Gasteiger partial charge in [0.1, 0.15) is 0 Å². The molecule has 166 valence electrons. The summed E-state index contributed by atoms with van der Waals surface area (Å²) in [5, 5.41) is 20.5. The standard InChI is InChI=1S/C27H46O2/c1-17(2)25(29)11-6-18(3)22-9-10-23-21-8-7-19-16-20(28)12-14-26(19,4)24(21)13-15-27(22,23)5/h7,17-18,20-25,28-29H,6,8-16H2,1-5H3/t18?,20-,21?,22?,23?,24?,25-,26-,27+/m0/s1. The van der Waals surface area contributed by atoms with Crippen LogP contribution in [0, 0.1) is 46.3 Å². The van der Waals surface area contributed by atoms with Crippen molar-refractivity contribution in [2.75, 3.05) is 0 Å². The SMILES string of the molecule is CC(CC[C@H](O)C(C)C)C1CCC2C3CC=C4C[C@@H](O)CC[C@]4(C)C3CC[C@]12C. The quantitative estimate of drug-likeness (QED) is 0.525. The van der Waals surface area contributed by atoms with Gasteiger partial charge in [0, 0.05) is 0 Å². The number of aliphatic hydroxyl groups is 2. The third-order valence-electron chi connectivity index (χ3n) is 10.5. The molecular weight excluding hydrogens is 356 g/mol. The molecule has 0 heterocycles. The highest BCUT2D eigenvalue weighted by Crippen LogP contribution is 2.67. The van der Waals surface area contributed by atoms with E-state index in [2.05, 4.69) is 40.7 Å². The number of hydrogen-bond donors (Lipinski definition) is 2. The van der Waals surface area contributed by atoms with Crippen molar-refractivity contribution in [3.8, 4) is 0 Å². The third-order valence-corrected chi connectivity index (χ3v) is 10.5. The van der Waals surface area contributed by atoms with Crippen LogP contribution in [0.25, 0.3) is 0 Å². The fourth-order valence-electron chi connectivity index (χ4n) is 8.59. The molecule has 2 N–H and O–H groups in total. The topological polar surface area (TPSA) is 40.5 Å². The number of rotatable bonds is 5. The van der Waals surface area contributed by atoms with E-state index in [0.29, 0.717) is 16.7 Å². The zero-order valence-electron chi connectivity index (χ0n) is 19.7. The first-order chi connectivity index (χ1) is 13.7. The molecule has 0 aliphatic heterocycles. The van der Waals surface area contributed by atoms with E-state index in [1.165, 1.54) is 44.9 Å². The molecule has 0 radical (unpaired) electrons.